The number of esters is 2. The van der Waals surface area contributed by atoms with Gasteiger partial charge in [-0.25, -0.2) is 4.79 Å². The van der Waals surface area contributed by atoms with Gasteiger partial charge in [0.1, 0.15) is 6.04 Å². The molecule has 1 aliphatic heterocycles. The van der Waals surface area contributed by atoms with Gasteiger partial charge in [0.25, 0.3) is 0 Å². The van der Waals surface area contributed by atoms with Crippen LogP contribution in [-0.4, -0.2) is 49.6 Å². The fourth-order valence-corrected chi connectivity index (χ4v) is 3.37. The first-order valence-corrected chi connectivity index (χ1v) is 8.19. The van der Waals surface area contributed by atoms with E-state index in [2.05, 4.69) is 6.08 Å². The lowest BCUT2D eigenvalue weighted by Gasteiger charge is -2.37. The van der Waals surface area contributed by atoms with Crippen molar-refractivity contribution in [3.05, 3.63) is 11.6 Å². The Hall–Kier alpha value is -1.85. The van der Waals surface area contributed by atoms with Crippen LogP contribution in [0.5, 0.6) is 0 Å². The van der Waals surface area contributed by atoms with Gasteiger partial charge in [0.05, 0.1) is 20.1 Å². The second-order valence-electron chi connectivity index (χ2n) is 6.16. The van der Waals surface area contributed by atoms with E-state index >= 15 is 0 Å². The number of hydrogen-bond donors (Lipinski definition) is 0. The van der Waals surface area contributed by atoms with Crippen LogP contribution in [0.1, 0.15) is 44.9 Å². The molecule has 1 aliphatic carbocycles. The summed E-state index contributed by atoms with van der Waals surface area (Å²) in [4.78, 5) is 38.0. The van der Waals surface area contributed by atoms with E-state index in [0.717, 1.165) is 24.8 Å². The second kappa shape index (κ2) is 8.13. The molecule has 0 saturated carbocycles. The highest BCUT2D eigenvalue weighted by Crippen LogP contribution is 2.27. The molecule has 128 valence electrons. The zero-order valence-corrected chi connectivity index (χ0v) is 13.9. The summed E-state index contributed by atoms with van der Waals surface area (Å²) in [6, 6.07) is -0.699. The van der Waals surface area contributed by atoms with Gasteiger partial charge in [-0.3, -0.25) is 9.59 Å². The Bertz CT molecular complexity index is 499. The monoisotopic (exact) mass is 323 g/mol. The number of allylic oxidation sites excluding steroid dienone is 1. The zero-order valence-electron chi connectivity index (χ0n) is 13.9. The largest absolute Gasteiger partial charge is 0.469 e. The Morgan fingerprint density at radius 1 is 1.17 bits per heavy atom. The van der Waals surface area contributed by atoms with Crippen molar-refractivity contribution in [2.24, 2.45) is 5.92 Å². The van der Waals surface area contributed by atoms with E-state index in [1.807, 2.05) is 0 Å². The first-order valence-electron chi connectivity index (χ1n) is 8.19. The van der Waals surface area contributed by atoms with Gasteiger partial charge in [-0.05, 0) is 38.5 Å². The van der Waals surface area contributed by atoms with Crippen LogP contribution in [0.3, 0.4) is 0 Å². The number of hydrogen-bond acceptors (Lipinski definition) is 5. The maximum Gasteiger partial charge on any atom is 0.328 e. The number of nitrogens with zero attached hydrogens (tertiary/aromatic N) is 1. The van der Waals surface area contributed by atoms with E-state index in [9.17, 15) is 14.4 Å². The molecule has 1 heterocycles. The van der Waals surface area contributed by atoms with Gasteiger partial charge in [-0.2, -0.15) is 0 Å². The molecule has 0 aromatic heterocycles. The molecule has 0 aromatic carbocycles. The maximum atomic E-state index is 12.6. The second-order valence-corrected chi connectivity index (χ2v) is 6.16. The van der Waals surface area contributed by atoms with Gasteiger partial charge in [-0.15, -0.1) is 0 Å². The van der Waals surface area contributed by atoms with Crippen LogP contribution in [-0.2, 0) is 23.9 Å². The quantitative estimate of drug-likeness (QED) is 0.583. The lowest BCUT2D eigenvalue weighted by molar-refractivity contribution is -0.159. The van der Waals surface area contributed by atoms with Crippen molar-refractivity contribution in [3.8, 4) is 0 Å². The fraction of sp³-hybridized carbons (Fsp3) is 0.706. The zero-order chi connectivity index (χ0) is 16.8. The van der Waals surface area contributed by atoms with Crippen LogP contribution in [0.25, 0.3) is 0 Å². The van der Waals surface area contributed by atoms with Crippen molar-refractivity contribution in [1.82, 2.24) is 4.90 Å². The number of piperidine rings is 1. The van der Waals surface area contributed by atoms with Crippen LogP contribution in [0.2, 0.25) is 0 Å². The number of amides is 1. The van der Waals surface area contributed by atoms with Crippen LogP contribution in [0.15, 0.2) is 11.6 Å². The standard InChI is InChI=1S/C17H25NO5/c1-22-16(20)13-8-9-18(14(11-13)17(21)23-2)15(19)10-12-6-4-3-5-7-12/h6,13-14H,3-5,7-11H2,1-2H3/t13-,14-/m0/s1. The summed E-state index contributed by atoms with van der Waals surface area (Å²) in [5, 5.41) is 0. The van der Waals surface area contributed by atoms with E-state index in [0.29, 0.717) is 19.4 Å². The SMILES string of the molecule is COC(=O)[C@H]1CCN(C(=O)CC2=CCCCC2)[C@H](C(=O)OC)C1. The molecule has 0 N–H and O–H groups in total. The normalized spacial score (nSPS) is 24.6. The molecular weight excluding hydrogens is 298 g/mol. The molecule has 23 heavy (non-hydrogen) atoms. The summed E-state index contributed by atoms with van der Waals surface area (Å²) < 4.78 is 9.59. The fourth-order valence-electron chi connectivity index (χ4n) is 3.37. The third kappa shape index (κ3) is 4.33. The minimum Gasteiger partial charge on any atom is -0.469 e. The Balaban J connectivity index is 2.06. The van der Waals surface area contributed by atoms with Crippen molar-refractivity contribution < 1.29 is 23.9 Å². The highest BCUT2D eigenvalue weighted by atomic mass is 16.5. The van der Waals surface area contributed by atoms with Crippen LogP contribution in [0.4, 0.5) is 0 Å². The van der Waals surface area contributed by atoms with Crippen molar-refractivity contribution in [3.63, 3.8) is 0 Å². The topological polar surface area (TPSA) is 72.9 Å². The van der Waals surface area contributed by atoms with Gasteiger partial charge in [-0.1, -0.05) is 11.6 Å². The molecule has 6 heteroatoms. The highest BCUT2D eigenvalue weighted by molar-refractivity contribution is 5.87. The number of ether oxygens (including phenoxy) is 2. The predicted octanol–water partition coefficient (Wildman–Crippen LogP) is 1.83. The Kier molecular flexibility index (Phi) is 6.19. The molecule has 2 aliphatic rings. The molecule has 0 aromatic rings. The lowest BCUT2D eigenvalue weighted by atomic mass is 9.89. The lowest BCUT2D eigenvalue weighted by Crippen LogP contribution is -2.51. The molecule has 2 rings (SSSR count). The maximum absolute atomic E-state index is 12.6. The average Bonchev–Trinajstić information content (AvgIpc) is 2.60. The van der Waals surface area contributed by atoms with Gasteiger partial charge in [0, 0.05) is 13.0 Å². The van der Waals surface area contributed by atoms with Crippen molar-refractivity contribution in [1.29, 1.82) is 0 Å². The van der Waals surface area contributed by atoms with Crippen molar-refractivity contribution in [2.75, 3.05) is 20.8 Å². The smallest absolute Gasteiger partial charge is 0.328 e. The molecule has 0 radical (unpaired) electrons. The Morgan fingerprint density at radius 3 is 2.52 bits per heavy atom. The van der Waals surface area contributed by atoms with E-state index in [1.54, 1.807) is 4.90 Å². The Morgan fingerprint density at radius 2 is 1.91 bits per heavy atom. The molecule has 2 atom stereocenters. The summed E-state index contributed by atoms with van der Waals surface area (Å²) >= 11 is 0. The van der Waals surface area contributed by atoms with Gasteiger partial charge < -0.3 is 14.4 Å². The van der Waals surface area contributed by atoms with Crippen LogP contribution >= 0.6 is 0 Å². The molecule has 6 nitrogen and oxygen atoms in total. The number of carbonyl (C=O) groups excluding carboxylic acids is 3. The third-order valence-electron chi connectivity index (χ3n) is 4.69. The molecule has 0 unspecified atom stereocenters. The minimum atomic E-state index is -0.699. The summed E-state index contributed by atoms with van der Waals surface area (Å²) in [6.45, 7) is 0.381. The van der Waals surface area contributed by atoms with Crippen molar-refractivity contribution >= 4 is 17.8 Å². The summed E-state index contributed by atoms with van der Waals surface area (Å²) in [5.74, 6) is -1.22. The highest BCUT2D eigenvalue weighted by Gasteiger charge is 2.39. The average molecular weight is 323 g/mol. The first-order chi connectivity index (χ1) is 11.1. The molecule has 1 amide bonds. The number of likely N-dealkylation sites (tertiary alicyclic amines) is 1. The number of rotatable bonds is 4. The molecule has 1 saturated heterocycles. The predicted molar refractivity (Wildman–Crippen MR) is 83.4 cm³/mol. The number of carbonyl (C=O) groups is 3. The molecule has 0 spiro atoms. The van der Waals surface area contributed by atoms with Crippen molar-refractivity contribution in [2.45, 2.75) is 51.0 Å². The number of methoxy groups -OCH3 is 2. The Labute approximate surface area is 136 Å². The first kappa shape index (κ1) is 17.5. The minimum absolute atomic E-state index is 0.0585. The third-order valence-corrected chi connectivity index (χ3v) is 4.69. The molecular formula is C17H25NO5. The van der Waals surface area contributed by atoms with E-state index < -0.39 is 12.0 Å². The summed E-state index contributed by atoms with van der Waals surface area (Å²) in [5.41, 5.74) is 1.15. The molecule has 0 bridgehead atoms. The van der Waals surface area contributed by atoms with Crippen LogP contribution < -0.4 is 0 Å². The van der Waals surface area contributed by atoms with E-state index in [-0.39, 0.29) is 24.2 Å². The van der Waals surface area contributed by atoms with Gasteiger partial charge in [0.15, 0.2) is 0 Å². The summed E-state index contributed by atoms with van der Waals surface area (Å²) in [7, 11) is 2.64. The van der Waals surface area contributed by atoms with Crippen LogP contribution in [0, 0.1) is 5.92 Å². The molecule has 1 fully saturated rings. The van der Waals surface area contributed by atoms with Gasteiger partial charge in [0.2, 0.25) is 5.91 Å². The van der Waals surface area contributed by atoms with Gasteiger partial charge >= 0.3 is 11.9 Å². The van der Waals surface area contributed by atoms with E-state index in [1.165, 1.54) is 20.6 Å². The van der Waals surface area contributed by atoms with E-state index in [4.69, 9.17) is 9.47 Å². The summed E-state index contributed by atoms with van der Waals surface area (Å²) in [6.07, 6.45) is 7.54.